The van der Waals surface area contributed by atoms with Gasteiger partial charge in [0.25, 0.3) is 0 Å². The van der Waals surface area contributed by atoms with Crippen LogP contribution in [0.5, 0.6) is 5.75 Å². The van der Waals surface area contributed by atoms with Gasteiger partial charge in [0.05, 0.1) is 19.8 Å². The van der Waals surface area contributed by atoms with Crippen LogP contribution in [0.4, 0.5) is 0 Å². The van der Waals surface area contributed by atoms with E-state index >= 15 is 0 Å². The summed E-state index contributed by atoms with van der Waals surface area (Å²) in [4.78, 5) is 10.4. The molecule has 1 fully saturated rings. The minimum atomic E-state index is -0.726. The lowest BCUT2D eigenvalue weighted by Gasteiger charge is -2.16. The molecule has 1 aliphatic rings. The van der Waals surface area contributed by atoms with Crippen molar-refractivity contribution < 1.29 is 19.4 Å². The number of aliphatic carboxylic acids is 1. The first kappa shape index (κ1) is 16.6. The zero-order valence-electron chi connectivity index (χ0n) is 12.8. The Kier molecular flexibility index (Phi) is 6.97. The molecule has 1 aromatic carbocycles. The standard InChI is InChI=1S/C18H24O4/c19-18(20)11-7-2-1-4-8-15-12-21-13-16(15)14-22-17-9-5-3-6-10-17/h1,3-6,9-10,15-16H,2,7-8,11-14H2,(H,19,20)/t15-,16-/m0/s1. The Morgan fingerprint density at radius 2 is 2.00 bits per heavy atom. The number of unbranched alkanes of at least 4 members (excludes halogenated alkanes) is 1. The molecule has 1 saturated heterocycles. The smallest absolute Gasteiger partial charge is 0.303 e. The summed E-state index contributed by atoms with van der Waals surface area (Å²) >= 11 is 0. The second kappa shape index (κ2) is 9.26. The highest BCUT2D eigenvalue weighted by Gasteiger charge is 2.27. The molecule has 0 radical (unpaired) electrons. The Labute approximate surface area is 131 Å². The molecule has 4 heteroatoms. The first-order chi connectivity index (χ1) is 10.8. The second-order valence-electron chi connectivity index (χ2n) is 5.67. The summed E-state index contributed by atoms with van der Waals surface area (Å²) in [6.45, 7) is 2.22. The fourth-order valence-corrected chi connectivity index (χ4v) is 2.57. The van der Waals surface area contributed by atoms with E-state index in [1.54, 1.807) is 0 Å². The number of allylic oxidation sites excluding steroid dienone is 2. The quantitative estimate of drug-likeness (QED) is 0.560. The summed E-state index contributed by atoms with van der Waals surface area (Å²) in [5, 5.41) is 8.58. The average molecular weight is 304 g/mol. The van der Waals surface area contributed by atoms with E-state index in [2.05, 4.69) is 12.2 Å². The molecule has 120 valence electrons. The number of hydrogen-bond donors (Lipinski definition) is 1. The van der Waals surface area contributed by atoms with Crippen molar-refractivity contribution in [2.75, 3.05) is 19.8 Å². The molecule has 4 nitrogen and oxygen atoms in total. The van der Waals surface area contributed by atoms with Crippen LogP contribution >= 0.6 is 0 Å². The molecule has 2 atom stereocenters. The highest BCUT2D eigenvalue weighted by Crippen LogP contribution is 2.25. The third-order valence-corrected chi connectivity index (χ3v) is 3.90. The lowest BCUT2D eigenvalue weighted by Crippen LogP contribution is -2.19. The van der Waals surface area contributed by atoms with E-state index in [9.17, 15) is 4.79 Å². The van der Waals surface area contributed by atoms with Gasteiger partial charge in [0, 0.05) is 12.3 Å². The summed E-state index contributed by atoms with van der Waals surface area (Å²) in [5.74, 6) is 1.08. The van der Waals surface area contributed by atoms with Crippen molar-refractivity contribution in [2.45, 2.75) is 25.7 Å². The van der Waals surface area contributed by atoms with Crippen LogP contribution in [0.15, 0.2) is 42.5 Å². The third-order valence-electron chi connectivity index (χ3n) is 3.90. The molecule has 1 N–H and O–H groups in total. The normalized spacial score (nSPS) is 21.3. The van der Waals surface area contributed by atoms with Crippen molar-refractivity contribution in [2.24, 2.45) is 11.8 Å². The molecule has 1 heterocycles. The van der Waals surface area contributed by atoms with Gasteiger partial charge in [-0.1, -0.05) is 30.4 Å². The minimum Gasteiger partial charge on any atom is -0.493 e. The fraction of sp³-hybridized carbons (Fsp3) is 0.500. The predicted octanol–water partition coefficient (Wildman–Crippen LogP) is 3.53. The van der Waals surface area contributed by atoms with Gasteiger partial charge >= 0.3 is 5.97 Å². The Bertz CT molecular complexity index is 469. The Morgan fingerprint density at radius 3 is 2.77 bits per heavy atom. The molecular formula is C18H24O4. The van der Waals surface area contributed by atoms with Gasteiger partial charge in [0.15, 0.2) is 0 Å². The number of benzene rings is 1. The average Bonchev–Trinajstić information content (AvgIpc) is 2.97. The monoisotopic (exact) mass is 304 g/mol. The van der Waals surface area contributed by atoms with Gasteiger partial charge in [-0.25, -0.2) is 0 Å². The van der Waals surface area contributed by atoms with Gasteiger partial charge < -0.3 is 14.6 Å². The molecule has 22 heavy (non-hydrogen) atoms. The van der Waals surface area contributed by atoms with Crippen LogP contribution in [0.25, 0.3) is 0 Å². The number of ether oxygens (including phenoxy) is 2. The summed E-state index contributed by atoms with van der Waals surface area (Å²) in [7, 11) is 0. The van der Waals surface area contributed by atoms with Crippen LogP contribution in [0.1, 0.15) is 25.7 Å². The summed E-state index contributed by atoms with van der Waals surface area (Å²) < 4.78 is 11.4. The lowest BCUT2D eigenvalue weighted by atomic mass is 9.93. The van der Waals surface area contributed by atoms with Gasteiger partial charge in [-0.15, -0.1) is 0 Å². The SMILES string of the molecule is O=C(O)CCCC=CC[C@H]1COC[C@H]1COc1ccccc1. The van der Waals surface area contributed by atoms with E-state index in [4.69, 9.17) is 14.6 Å². The largest absolute Gasteiger partial charge is 0.493 e. The first-order valence-electron chi connectivity index (χ1n) is 7.88. The molecule has 1 aromatic rings. The Morgan fingerprint density at radius 1 is 1.23 bits per heavy atom. The number of carboxylic acids is 1. The van der Waals surface area contributed by atoms with Crippen molar-refractivity contribution in [1.82, 2.24) is 0 Å². The number of carbonyl (C=O) groups is 1. The highest BCUT2D eigenvalue weighted by atomic mass is 16.5. The number of rotatable bonds is 9. The first-order valence-corrected chi connectivity index (χ1v) is 7.88. The zero-order chi connectivity index (χ0) is 15.6. The molecular weight excluding hydrogens is 280 g/mol. The van der Waals surface area contributed by atoms with Crippen LogP contribution in [-0.4, -0.2) is 30.9 Å². The molecule has 0 aliphatic carbocycles. The van der Waals surface area contributed by atoms with Crippen LogP contribution in [-0.2, 0) is 9.53 Å². The number of para-hydroxylation sites is 1. The minimum absolute atomic E-state index is 0.240. The van der Waals surface area contributed by atoms with Gasteiger partial charge in [0.2, 0.25) is 0 Å². The molecule has 0 unspecified atom stereocenters. The van der Waals surface area contributed by atoms with E-state index in [0.29, 0.717) is 24.9 Å². The summed E-state index contributed by atoms with van der Waals surface area (Å²) in [6, 6.07) is 9.85. The zero-order valence-corrected chi connectivity index (χ0v) is 12.8. The Hall–Kier alpha value is -1.81. The third kappa shape index (κ3) is 5.90. The van der Waals surface area contributed by atoms with E-state index in [1.165, 1.54) is 0 Å². The molecule has 0 amide bonds. The topological polar surface area (TPSA) is 55.8 Å². The lowest BCUT2D eigenvalue weighted by molar-refractivity contribution is -0.137. The molecule has 0 saturated carbocycles. The van der Waals surface area contributed by atoms with E-state index in [-0.39, 0.29) is 6.42 Å². The van der Waals surface area contributed by atoms with Gasteiger partial charge in [-0.2, -0.15) is 0 Å². The maximum Gasteiger partial charge on any atom is 0.303 e. The maximum absolute atomic E-state index is 10.4. The van der Waals surface area contributed by atoms with Crippen LogP contribution in [0.3, 0.4) is 0 Å². The molecule has 2 rings (SSSR count). The van der Waals surface area contributed by atoms with Gasteiger partial charge in [0.1, 0.15) is 5.75 Å². The number of hydrogen-bond acceptors (Lipinski definition) is 3. The van der Waals surface area contributed by atoms with E-state index in [0.717, 1.165) is 31.8 Å². The second-order valence-corrected chi connectivity index (χ2v) is 5.67. The van der Waals surface area contributed by atoms with E-state index in [1.807, 2.05) is 30.3 Å². The highest BCUT2D eigenvalue weighted by molar-refractivity contribution is 5.66. The van der Waals surface area contributed by atoms with Crippen molar-refractivity contribution in [3.63, 3.8) is 0 Å². The van der Waals surface area contributed by atoms with Crippen molar-refractivity contribution in [3.05, 3.63) is 42.5 Å². The Balaban J connectivity index is 1.67. The molecule has 1 aliphatic heterocycles. The van der Waals surface area contributed by atoms with Gasteiger partial charge in [-0.3, -0.25) is 4.79 Å². The summed E-state index contributed by atoms with van der Waals surface area (Å²) in [6.07, 6.45) is 6.96. The van der Waals surface area contributed by atoms with Crippen molar-refractivity contribution >= 4 is 5.97 Å². The molecule has 0 bridgehead atoms. The maximum atomic E-state index is 10.4. The van der Waals surface area contributed by atoms with Crippen LogP contribution < -0.4 is 4.74 Å². The number of carboxylic acid groups (broad SMARTS) is 1. The summed E-state index contributed by atoms with van der Waals surface area (Å²) in [5.41, 5.74) is 0. The van der Waals surface area contributed by atoms with Crippen molar-refractivity contribution in [1.29, 1.82) is 0 Å². The van der Waals surface area contributed by atoms with Crippen molar-refractivity contribution in [3.8, 4) is 5.75 Å². The fourth-order valence-electron chi connectivity index (χ4n) is 2.57. The van der Waals surface area contributed by atoms with Gasteiger partial charge in [-0.05, 0) is 37.3 Å². The van der Waals surface area contributed by atoms with Crippen LogP contribution in [0, 0.1) is 11.8 Å². The van der Waals surface area contributed by atoms with E-state index < -0.39 is 5.97 Å². The molecule has 0 aromatic heterocycles. The predicted molar refractivity (Wildman–Crippen MR) is 85.0 cm³/mol. The van der Waals surface area contributed by atoms with Crippen LogP contribution in [0.2, 0.25) is 0 Å². The molecule has 0 spiro atoms.